The van der Waals surface area contributed by atoms with E-state index in [4.69, 9.17) is 9.47 Å². The number of halogens is 3. The Bertz CT molecular complexity index is 1250. The van der Waals surface area contributed by atoms with Gasteiger partial charge in [0.15, 0.2) is 0 Å². The standard InChI is InChI=1S/C19H13F3N4O3/c1-10-7-15(26-18(23-10)24-17(25-26)19(20,21)22)29-14-9-12-6-4-3-5-11(12)8-13(14)16(27)28-2/h3-9H,1-2H3. The lowest BCUT2D eigenvalue weighted by molar-refractivity contribution is -0.144. The Morgan fingerprint density at radius 3 is 2.41 bits per heavy atom. The average molecular weight is 402 g/mol. The van der Waals surface area contributed by atoms with Crippen molar-refractivity contribution < 1.29 is 27.4 Å². The molecule has 0 aliphatic carbocycles. The number of hydrogen-bond donors (Lipinski definition) is 0. The van der Waals surface area contributed by atoms with Gasteiger partial charge < -0.3 is 9.47 Å². The van der Waals surface area contributed by atoms with Gasteiger partial charge in [0.2, 0.25) is 5.88 Å². The summed E-state index contributed by atoms with van der Waals surface area (Å²) in [6, 6.07) is 11.8. The summed E-state index contributed by atoms with van der Waals surface area (Å²) in [5.41, 5.74) is 0.485. The number of esters is 1. The molecule has 7 nitrogen and oxygen atoms in total. The van der Waals surface area contributed by atoms with Crippen LogP contribution in [0.1, 0.15) is 21.9 Å². The Labute approximate surface area is 161 Å². The third-order valence-corrected chi connectivity index (χ3v) is 4.13. The number of aromatic nitrogens is 4. The van der Waals surface area contributed by atoms with Crippen LogP contribution in [0.5, 0.6) is 11.6 Å². The summed E-state index contributed by atoms with van der Waals surface area (Å²) in [5, 5.41) is 5.00. The molecule has 0 aliphatic heterocycles. The van der Waals surface area contributed by atoms with Gasteiger partial charge in [-0.25, -0.2) is 9.78 Å². The highest BCUT2D eigenvalue weighted by atomic mass is 19.4. The molecule has 0 radical (unpaired) electrons. The Morgan fingerprint density at radius 1 is 1.07 bits per heavy atom. The minimum Gasteiger partial charge on any atom is -0.465 e. The number of ether oxygens (including phenoxy) is 2. The normalized spacial score (nSPS) is 11.8. The molecule has 0 N–H and O–H groups in total. The summed E-state index contributed by atoms with van der Waals surface area (Å²) < 4.78 is 50.5. The summed E-state index contributed by atoms with van der Waals surface area (Å²) in [5.74, 6) is -2.23. The van der Waals surface area contributed by atoms with Gasteiger partial charge in [0.25, 0.3) is 11.6 Å². The van der Waals surface area contributed by atoms with Crippen LogP contribution in [-0.2, 0) is 10.9 Å². The molecule has 0 aliphatic rings. The van der Waals surface area contributed by atoms with Crippen LogP contribution in [0.15, 0.2) is 42.5 Å². The molecule has 0 saturated heterocycles. The highest BCUT2D eigenvalue weighted by molar-refractivity contribution is 5.98. The van der Waals surface area contributed by atoms with E-state index < -0.39 is 18.0 Å². The predicted molar refractivity (Wildman–Crippen MR) is 95.9 cm³/mol. The Morgan fingerprint density at radius 2 is 1.76 bits per heavy atom. The molecule has 10 heteroatoms. The molecule has 0 bridgehead atoms. The Balaban J connectivity index is 1.89. The molecule has 2 heterocycles. The highest BCUT2D eigenvalue weighted by Gasteiger charge is 2.37. The lowest BCUT2D eigenvalue weighted by atomic mass is 10.1. The minimum atomic E-state index is -4.74. The zero-order valence-corrected chi connectivity index (χ0v) is 15.2. The Hall–Kier alpha value is -3.69. The molecule has 29 heavy (non-hydrogen) atoms. The van der Waals surface area contributed by atoms with E-state index in [-0.39, 0.29) is 23.0 Å². The van der Waals surface area contributed by atoms with Gasteiger partial charge in [0.05, 0.1) is 7.11 Å². The van der Waals surface area contributed by atoms with Crippen molar-refractivity contribution in [2.75, 3.05) is 7.11 Å². The van der Waals surface area contributed by atoms with E-state index in [0.717, 1.165) is 15.3 Å². The zero-order chi connectivity index (χ0) is 20.8. The number of benzene rings is 2. The van der Waals surface area contributed by atoms with Crippen LogP contribution >= 0.6 is 0 Å². The van der Waals surface area contributed by atoms with Crippen LogP contribution in [0.3, 0.4) is 0 Å². The number of carbonyl (C=O) groups is 1. The third kappa shape index (κ3) is 3.44. The number of fused-ring (bicyclic) bond motifs is 2. The van der Waals surface area contributed by atoms with Crippen LogP contribution in [-0.4, -0.2) is 32.7 Å². The first-order valence-electron chi connectivity index (χ1n) is 8.37. The quantitative estimate of drug-likeness (QED) is 0.479. The molecule has 0 saturated carbocycles. The van der Waals surface area contributed by atoms with Crippen molar-refractivity contribution in [3.63, 3.8) is 0 Å². The molecule has 0 spiro atoms. The first-order valence-corrected chi connectivity index (χ1v) is 8.37. The second kappa shape index (κ2) is 6.73. The third-order valence-electron chi connectivity index (χ3n) is 4.13. The number of hydrogen-bond acceptors (Lipinski definition) is 6. The van der Waals surface area contributed by atoms with Crippen LogP contribution < -0.4 is 4.74 Å². The molecule has 4 rings (SSSR count). The first kappa shape index (κ1) is 18.7. The summed E-state index contributed by atoms with van der Waals surface area (Å²) in [6.45, 7) is 1.58. The summed E-state index contributed by atoms with van der Waals surface area (Å²) in [7, 11) is 1.23. The van der Waals surface area contributed by atoms with Crippen molar-refractivity contribution in [3.05, 3.63) is 59.5 Å². The van der Waals surface area contributed by atoms with Crippen LogP contribution in [0.2, 0.25) is 0 Å². The fraction of sp³-hybridized carbons (Fsp3) is 0.158. The van der Waals surface area contributed by atoms with Crippen molar-refractivity contribution in [1.29, 1.82) is 0 Å². The van der Waals surface area contributed by atoms with Gasteiger partial charge in [-0.2, -0.15) is 22.7 Å². The van der Waals surface area contributed by atoms with Gasteiger partial charge in [-0.1, -0.05) is 24.3 Å². The van der Waals surface area contributed by atoms with E-state index in [1.54, 1.807) is 19.1 Å². The molecule has 0 atom stereocenters. The fourth-order valence-corrected chi connectivity index (χ4v) is 2.83. The van der Waals surface area contributed by atoms with Gasteiger partial charge in [-0.3, -0.25) is 0 Å². The van der Waals surface area contributed by atoms with E-state index in [2.05, 4.69) is 15.1 Å². The van der Waals surface area contributed by atoms with Gasteiger partial charge >= 0.3 is 12.1 Å². The lowest BCUT2D eigenvalue weighted by Crippen LogP contribution is -2.08. The molecule has 2 aromatic heterocycles. The molecule has 2 aromatic carbocycles. The van der Waals surface area contributed by atoms with E-state index >= 15 is 0 Å². The van der Waals surface area contributed by atoms with E-state index in [1.165, 1.54) is 13.2 Å². The topological polar surface area (TPSA) is 78.6 Å². The van der Waals surface area contributed by atoms with E-state index in [1.807, 2.05) is 24.3 Å². The second-order valence-electron chi connectivity index (χ2n) is 6.17. The second-order valence-corrected chi connectivity index (χ2v) is 6.17. The summed E-state index contributed by atoms with van der Waals surface area (Å²) in [4.78, 5) is 19.6. The maximum absolute atomic E-state index is 13.0. The minimum absolute atomic E-state index is 0.0732. The van der Waals surface area contributed by atoms with Crippen molar-refractivity contribution in [1.82, 2.24) is 19.6 Å². The maximum Gasteiger partial charge on any atom is 0.453 e. The molecule has 0 unspecified atom stereocenters. The van der Waals surface area contributed by atoms with Gasteiger partial charge in [0, 0.05) is 11.8 Å². The van der Waals surface area contributed by atoms with Crippen LogP contribution in [0, 0.1) is 6.92 Å². The fourth-order valence-electron chi connectivity index (χ4n) is 2.83. The van der Waals surface area contributed by atoms with Gasteiger partial charge in [-0.15, -0.1) is 5.10 Å². The van der Waals surface area contributed by atoms with Crippen molar-refractivity contribution in [3.8, 4) is 11.6 Å². The number of methoxy groups -OCH3 is 1. The van der Waals surface area contributed by atoms with Crippen LogP contribution in [0.4, 0.5) is 13.2 Å². The monoisotopic (exact) mass is 402 g/mol. The van der Waals surface area contributed by atoms with Gasteiger partial charge in [-0.05, 0) is 29.8 Å². The number of nitrogens with zero attached hydrogens (tertiary/aromatic N) is 4. The average Bonchev–Trinajstić information content (AvgIpc) is 3.11. The molecule has 0 amide bonds. The predicted octanol–water partition coefficient (Wildman–Crippen LogP) is 4.18. The van der Waals surface area contributed by atoms with Crippen molar-refractivity contribution in [2.45, 2.75) is 13.1 Å². The highest BCUT2D eigenvalue weighted by Crippen LogP contribution is 2.32. The number of rotatable bonds is 3. The van der Waals surface area contributed by atoms with Crippen molar-refractivity contribution >= 4 is 22.5 Å². The number of alkyl halides is 3. The van der Waals surface area contributed by atoms with E-state index in [0.29, 0.717) is 5.69 Å². The lowest BCUT2D eigenvalue weighted by Gasteiger charge is -2.12. The first-order chi connectivity index (χ1) is 13.8. The van der Waals surface area contributed by atoms with Crippen molar-refractivity contribution in [2.24, 2.45) is 0 Å². The Kier molecular flexibility index (Phi) is 4.33. The SMILES string of the molecule is COC(=O)c1cc2ccccc2cc1Oc1cc(C)nc2nc(C(F)(F)F)nn12. The van der Waals surface area contributed by atoms with E-state index in [9.17, 15) is 18.0 Å². The molecular weight excluding hydrogens is 389 g/mol. The molecule has 4 aromatic rings. The largest absolute Gasteiger partial charge is 0.465 e. The number of aryl methyl sites for hydroxylation is 1. The maximum atomic E-state index is 13.0. The summed E-state index contributed by atoms with van der Waals surface area (Å²) in [6.07, 6.45) is -4.74. The van der Waals surface area contributed by atoms with Gasteiger partial charge in [0.1, 0.15) is 11.3 Å². The van der Waals surface area contributed by atoms with Crippen LogP contribution in [0.25, 0.3) is 16.6 Å². The smallest absolute Gasteiger partial charge is 0.453 e. The summed E-state index contributed by atoms with van der Waals surface area (Å²) >= 11 is 0. The zero-order valence-electron chi connectivity index (χ0n) is 15.2. The molecule has 0 fully saturated rings. The number of carbonyl (C=O) groups excluding carboxylic acids is 1. The molecule has 148 valence electrons. The molecular formula is C19H13F3N4O3.